The maximum absolute atomic E-state index is 12.6. The summed E-state index contributed by atoms with van der Waals surface area (Å²) in [6.07, 6.45) is 0. The van der Waals surface area contributed by atoms with Gasteiger partial charge >= 0.3 is 0 Å². The normalized spacial score (nSPS) is 14.1. The summed E-state index contributed by atoms with van der Waals surface area (Å²) >= 11 is 3.25. The predicted octanol–water partition coefficient (Wildman–Crippen LogP) is 3.39. The number of benzene rings is 1. The van der Waals surface area contributed by atoms with Gasteiger partial charge in [-0.25, -0.2) is 0 Å². The number of carbonyl (C=O) groups excluding carboxylic acids is 1. The van der Waals surface area contributed by atoms with Crippen molar-refractivity contribution in [2.75, 3.05) is 44.3 Å². The second-order valence-corrected chi connectivity index (χ2v) is 8.31. The third kappa shape index (κ3) is 4.68. The molecular formula is C20H22N4O3S2. The van der Waals surface area contributed by atoms with Crippen molar-refractivity contribution in [3.8, 4) is 21.4 Å². The van der Waals surface area contributed by atoms with E-state index in [-0.39, 0.29) is 12.5 Å². The van der Waals surface area contributed by atoms with Crippen LogP contribution in [0.25, 0.3) is 9.88 Å². The van der Waals surface area contributed by atoms with Crippen molar-refractivity contribution in [1.82, 2.24) is 15.1 Å². The van der Waals surface area contributed by atoms with Crippen LogP contribution in [0.15, 0.2) is 41.8 Å². The topological polar surface area (TPSA) is 67.8 Å². The van der Waals surface area contributed by atoms with Crippen LogP contribution >= 0.6 is 22.7 Å². The Balaban J connectivity index is 1.29. The number of anilines is 1. The van der Waals surface area contributed by atoms with E-state index in [2.05, 4.69) is 21.2 Å². The molecule has 1 aliphatic heterocycles. The molecule has 0 unspecified atom stereocenters. The van der Waals surface area contributed by atoms with Gasteiger partial charge < -0.3 is 19.3 Å². The van der Waals surface area contributed by atoms with E-state index < -0.39 is 0 Å². The smallest absolute Gasteiger partial charge is 0.260 e. The number of thiophene rings is 1. The van der Waals surface area contributed by atoms with Crippen LogP contribution in [0, 0.1) is 0 Å². The van der Waals surface area contributed by atoms with Gasteiger partial charge in [0.1, 0.15) is 0 Å². The van der Waals surface area contributed by atoms with Crippen molar-refractivity contribution in [1.29, 1.82) is 0 Å². The van der Waals surface area contributed by atoms with Gasteiger partial charge in [-0.15, -0.1) is 21.5 Å². The molecule has 0 atom stereocenters. The number of rotatable bonds is 7. The molecule has 0 radical (unpaired) electrons. The second kappa shape index (κ2) is 9.23. The predicted molar refractivity (Wildman–Crippen MR) is 115 cm³/mol. The Bertz CT molecular complexity index is 937. The molecule has 9 heteroatoms. The average molecular weight is 431 g/mol. The van der Waals surface area contributed by atoms with Gasteiger partial charge in [-0.2, -0.15) is 0 Å². The summed E-state index contributed by atoms with van der Waals surface area (Å²) in [7, 11) is 0. The molecule has 4 rings (SSSR count). The maximum atomic E-state index is 12.6. The van der Waals surface area contributed by atoms with E-state index in [0.29, 0.717) is 31.2 Å². The minimum absolute atomic E-state index is 0.00538. The van der Waals surface area contributed by atoms with E-state index in [0.717, 1.165) is 28.1 Å². The SMILES string of the molecule is CCOc1ccccc1OCC(=O)N1CCN(c2nnc(-c3cccs3)s2)CC1. The number of carbonyl (C=O) groups is 1. The number of piperazine rings is 1. The Morgan fingerprint density at radius 2 is 1.79 bits per heavy atom. The number of ether oxygens (including phenoxy) is 2. The van der Waals surface area contributed by atoms with Crippen LogP contribution in [0.2, 0.25) is 0 Å². The lowest BCUT2D eigenvalue weighted by molar-refractivity contribution is -0.133. The summed E-state index contributed by atoms with van der Waals surface area (Å²) in [4.78, 5) is 17.7. The Morgan fingerprint density at radius 1 is 1.03 bits per heavy atom. The van der Waals surface area contributed by atoms with Crippen LogP contribution in [0.5, 0.6) is 11.5 Å². The van der Waals surface area contributed by atoms with Gasteiger partial charge in [0.2, 0.25) is 5.13 Å². The standard InChI is InChI=1S/C20H22N4O3S2/c1-2-26-15-6-3-4-7-16(15)27-14-18(25)23-9-11-24(12-10-23)20-22-21-19(29-20)17-8-5-13-28-17/h3-8,13H,2,9-12,14H2,1H3. The highest BCUT2D eigenvalue weighted by Crippen LogP contribution is 2.32. The van der Waals surface area contributed by atoms with Crippen LogP contribution in [0.3, 0.4) is 0 Å². The Kier molecular flexibility index (Phi) is 6.26. The molecule has 152 valence electrons. The Hall–Kier alpha value is -2.65. The van der Waals surface area contributed by atoms with E-state index in [9.17, 15) is 4.79 Å². The monoisotopic (exact) mass is 430 g/mol. The van der Waals surface area contributed by atoms with Crippen molar-refractivity contribution in [3.63, 3.8) is 0 Å². The molecule has 3 heterocycles. The largest absolute Gasteiger partial charge is 0.490 e. The van der Waals surface area contributed by atoms with Crippen molar-refractivity contribution >= 4 is 33.7 Å². The summed E-state index contributed by atoms with van der Waals surface area (Å²) < 4.78 is 11.3. The molecule has 7 nitrogen and oxygen atoms in total. The summed E-state index contributed by atoms with van der Waals surface area (Å²) in [6, 6.07) is 11.5. The Labute approximate surface area is 177 Å². The van der Waals surface area contributed by atoms with E-state index in [1.54, 1.807) is 22.7 Å². The zero-order valence-corrected chi connectivity index (χ0v) is 17.7. The third-order valence-electron chi connectivity index (χ3n) is 4.55. The molecule has 3 aromatic rings. The summed E-state index contributed by atoms with van der Waals surface area (Å²) in [6.45, 7) is 5.23. The van der Waals surface area contributed by atoms with Crippen molar-refractivity contribution in [2.45, 2.75) is 6.92 Å². The van der Waals surface area contributed by atoms with Gasteiger partial charge in [-0.05, 0) is 30.5 Å². The molecule has 1 amide bonds. The molecule has 0 bridgehead atoms. The lowest BCUT2D eigenvalue weighted by Gasteiger charge is -2.34. The molecule has 1 aliphatic rings. The zero-order chi connectivity index (χ0) is 20.1. The first kappa shape index (κ1) is 19.7. The number of amides is 1. The van der Waals surface area contributed by atoms with Gasteiger partial charge in [-0.3, -0.25) is 4.79 Å². The Morgan fingerprint density at radius 3 is 2.48 bits per heavy atom. The zero-order valence-electron chi connectivity index (χ0n) is 16.1. The van der Waals surface area contributed by atoms with E-state index >= 15 is 0 Å². The lowest BCUT2D eigenvalue weighted by atomic mass is 10.3. The maximum Gasteiger partial charge on any atom is 0.260 e. The van der Waals surface area contributed by atoms with Gasteiger partial charge in [0, 0.05) is 26.2 Å². The minimum Gasteiger partial charge on any atom is -0.490 e. The molecule has 0 saturated carbocycles. The first-order chi connectivity index (χ1) is 14.2. The number of aromatic nitrogens is 2. The molecule has 0 aliphatic carbocycles. The average Bonchev–Trinajstić information content (AvgIpc) is 3.45. The first-order valence-corrected chi connectivity index (χ1v) is 11.2. The third-order valence-corrected chi connectivity index (χ3v) is 6.57. The van der Waals surface area contributed by atoms with Crippen molar-refractivity contribution < 1.29 is 14.3 Å². The lowest BCUT2D eigenvalue weighted by Crippen LogP contribution is -2.50. The molecule has 29 heavy (non-hydrogen) atoms. The fraction of sp³-hybridized carbons (Fsp3) is 0.350. The van der Waals surface area contributed by atoms with Gasteiger partial charge in [-0.1, -0.05) is 29.5 Å². The number of hydrogen-bond donors (Lipinski definition) is 0. The molecule has 0 spiro atoms. The van der Waals surface area contributed by atoms with Gasteiger partial charge in [0.05, 0.1) is 11.5 Å². The number of para-hydroxylation sites is 2. The summed E-state index contributed by atoms with van der Waals surface area (Å²) in [5.41, 5.74) is 0. The van der Waals surface area contributed by atoms with E-state index in [1.165, 1.54) is 0 Å². The molecular weight excluding hydrogens is 408 g/mol. The quantitative estimate of drug-likeness (QED) is 0.572. The minimum atomic E-state index is -0.0208. The van der Waals surface area contributed by atoms with Crippen LogP contribution in [0.4, 0.5) is 5.13 Å². The molecule has 0 N–H and O–H groups in total. The summed E-state index contributed by atoms with van der Waals surface area (Å²) in [5.74, 6) is 1.23. The highest BCUT2D eigenvalue weighted by molar-refractivity contribution is 7.22. The van der Waals surface area contributed by atoms with Crippen LogP contribution in [-0.2, 0) is 4.79 Å². The van der Waals surface area contributed by atoms with Crippen molar-refractivity contribution in [3.05, 3.63) is 41.8 Å². The molecule has 1 aromatic carbocycles. The number of nitrogens with zero attached hydrogens (tertiary/aromatic N) is 4. The molecule has 2 aromatic heterocycles. The molecule has 1 saturated heterocycles. The van der Waals surface area contributed by atoms with Crippen LogP contribution in [0.1, 0.15) is 6.92 Å². The highest BCUT2D eigenvalue weighted by atomic mass is 32.1. The fourth-order valence-electron chi connectivity index (χ4n) is 3.07. The van der Waals surface area contributed by atoms with Crippen molar-refractivity contribution in [2.24, 2.45) is 0 Å². The number of hydrogen-bond acceptors (Lipinski definition) is 8. The van der Waals surface area contributed by atoms with Crippen LogP contribution < -0.4 is 14.4 Å². The highest BCUT2D eigenvalue weighted by Gasteiger charge is 2.24. The second-order valence-electron chi connectivity index (χ2n) is 6.40. The van der Waals surface area contributed by atoms with Crippen LogP contribution in [-0.4, -0.2) is 60.4 Å². The first-order valence-electron chi connectivity index (χ1n) is 9.49. The van der Waals surface area contributed by atoms with Gasteiger partial charge in [0.25, 0.3) is 5.91 Å². The van der Waals surface area contributed by atoms with Gasteiger partial charge in [0.15, 0.2) is 23.1 Å². The molecule has 1 fully saturated rings. The van der Waals surface area contributed by atoms with E-state index in [1.807, 2.05) is 47.5 Å². The summed E-state index contributed by atoms with van der Waals surface area (Å²) in [5, 5.41) is 12.5. The fourth-order valence-corrected chi connectivity index (χ4v) is 4.75. The van der Waals surface area contributed by atoms with E-state index in [4.69, 9.17) is 9.47 Å².